The highest BCUT2D eigenvalue weighted by Crippen LogP contribution is 2.23. The average Bonchev–Trinajstić information content (AvgIpc) is 3.14. The Bertz CT molecular complexity index is 1110. The van der Waals surface area contributed by atoms with Gasteiger partial charge in [-0.25, -0.2) is 4.39 Å². The van der Waals surface area contributed by atoms with Gasteiger partial charge in [0.25, 0.3) is 11.8 Å². The molecule has 0 fully saturated rings. The number of pyridine rings is 1. The maximum atomic E-state index is 13.9. The summed E-state index contributed by atoms with van der Waals surface area (Å²) in [7, 11) is 0. The molecule has 0 aliphatic carbocycles. The summed E-state index contributed by atoms with van der Waals surface area (Å²) in [6.07, 6.45) is 4.67. The van der Waals surface area contributed by atoms with Gasteiger partial charge in [-0.1, -0.05) is 6.07 Å². The lowest BCUT2D eigenvalue weighted by Crippen LogP contribution is -2.35. The predicted molar refractivity (Wildman–Crippen MR) is 111 cm³/mol. The number of carbonyl (C=O) groups is 2. The number of fused-ring (bicyclic) bond motifs is 2. The highest BCUT2D eigenvalue weighted by atomic mass is 19.1. The van der Waals surface area contributed by atoms with Gasteiger partial charge < -0.3 is 10.6 Å². The van der Waals surface area contributed by atoms with Crippen molar-refractivity contribution in [2.24, 2.45) is 5.92 Å². The summed E-state index contributed by atoms with van der Waals surface area (Å²) >= 11 is 0. The maximum absolute atomic E-state index is 13.9. The van der Waals surface area contributed by atoms with Crippen molar-refractivity contribution in [3.63, 3.8) is 0 Å². The van der Waals surface area contributed by atoms with Crippen LogP contribution in [0, 0.1) is 11.7 Å². The highest BCUT2D eigenvalue weighted by molar-refractivity contribution is 6.05. The van der Waals surface area contributed by atoms with E-state index in [-0.39, 0.29) is 29.3 Å². The molecule has 2 amide bonds. The highest BCUT2D eigenvalue weighted by Gasteiger charge is 2.26. The number of nitrogens with zero attached hydrogens (tertiary/aromatic N) is 3. The van der Waals surface area contributed by atoms with Crippen molar-refractivity contribution < 1.29 is 14.0 Å². The van der Waals surface area contributed by atoms with Crippen LogP contribution < -0.4 is 10.6 Å². The van der Waals surface area contributed by atoms with E-state index < -0.39 is 5.82 Å². The van der Waals surface area contributed by atoms with Crippen molar-refractivity contribution in [1.82, 2.24) is 25.4 Å². The first-order valence-electron chi connectivity index (χ1n) is 10.1. The summed E-state index contributed by atoms with van der Waals surface area (Å²) in [5.74, 6) is -0.789. The fraction of sp³-hybridized carbons (Fsp3) is 0.364. The Balaban J connectivity index is 1.46. The van der Waals surface area contributed by atoms with Crippen molar-refractivity contribution in [1.29, 1.82) is 0 Å². The van der Waals surface area contributed by atoms with Crippen LogP contribution >= 0.6 is 0 Å². The molecular formula is C22H24FN5O2. The summed E-state index contributed by atoms with van der Waals surface area (Å²) in [5.41, 5.74) is 2.17. The molecular weight excluding hydrogens is 385 g/mol. The van der Waals surface area contributed by atoms with Gasteiger partial charge in [0.2, 0.25) is 0 Å². The fourth-order valence-corrected chi connectivity index (χ4v) is 3.86. The minimum atomic E-state index is -0.469. The Morgan fingerprint density at radius 2 is 2.10 bits per heavy atom. The lowest BCUT2D eigenvalue weighted by atomic mass is 9.94. The third-order valence-corrected chi connectivity index (χ3v) is 5.31. The van der Waals surface area contributed by atoms with Crippen molar-refractivity contribution >= 4 is 22.7 Å². The normalized spacial score (nSPS) is 15.8. The predicted octanol–water partition coefficient (Wildman–Crippen LogP) is 2.70. The Morgan fingerprint density at radius 1 is 1.27 bits per heavy atom. The molecule has 7 nitrogen and oxygen atoms in total. The first-order chi connectivity index (χ1) is 14.4. The first kappa shape index (κ1) is 20.0. The van der Waals surface area contributed by atoms with Crippen LogP contribution in [0.4, 0.5) is 4.39 Å². The molecule has 2 aromatic heterocycles. The van der Waals surface area contributed by atoms with E-state index in [0.717, 1.165) is 12.1 Å². The molecule has 3 heterocycles. The van der Waals surface area contributed by atoms with Gasteiger partial charge in [0.1, 0.15) is 5.82 Å². The summed E-state index contributed by atoms with van der Waals surface area (Å²) in [5, 5.41) is 10.7. The quantitative estimate of drug-likeness (QED) is 0.678. The number of carbonyl (C=O) groups excluding carboxylic acids is 2. The molecule has 1 aliphatic rings. The van der Waals surface area contributed by atoms with Gasteiger partial charge >= 0.3 is 0 Å². The molecule has 0 saturated heterocycles. The van der Waals surface area contributed by atoms with Crippen molar-refractivity contribution in [3.05, 3.63) is 59.3 Å². The van der Waals surface area contributed by atoms with Gasteiger partial charge in [-0.05, 0) is 50.8 Å². The van der Waals surface area contributed by atoms with Gasteiger partial charge in [-0.15, -0.1) is 0 Å². The summed E-state index contributed by atoms with van der Waals surface area (Å²) in [6.45, 7) is 4.95. The van der Waals surface area contributed by atoms with E-state index in [9.17, 15) is 14.0 Å². The molecule has 156 valence electrons. The topological polar surface area (TPSA) is 88.9 Å². The van der Waals surface area contributed by atoms with Crippen LogP contribution in [0.5, 0.6) is 0 Å². The van der Waals surface area contributed by atoms with E-state index in [2.05, 4.69) is 20.7 Å². The van der Waals surface area contributed by atoms with Crippen LogP contribution in [-0.4, -0.2) is 39.2 Å². The Labute approximate surface area is 173 Å². The summed E-state index contributed by atoms with van der Waals surface area (Å²) in [6, 6.07) is 6.07. The van der Waals surface area contributed by atoms with E-state index in [4.69, 9.17) is 0 Å². The van der Waals surface area contributed by atoms with E-state index >= 15 is 0 Å². The van der Waals surface area contributed by atoms with Crippen molar-refractivity contribution in [2.45, 2.75) is 39.3 Å². The maximum Gasteiger partial charge on any atom is 0.254 e. The van der Waals surface area contributed by atoms with Crippen LogP contribution in [0.3, 0.4) is 0 Å². The number of rotatable bonds is 5. The van der Waals surface area contributed by atoms with Crippen LogP contribution in [0.2, 0.25) is 0 Å². The SMILES string of the molecule is CC(C)NC(=O)c1cnn2c1C[C@H](CNC(=O)c1cc(F)cc3cccnc13)CC2. The second-order valence-electron chi connectivity index (χ2n) is 7.95. The largest absolute Gasteiger partial charge is 0.352 e. The van der Waals surface area contributed by atoms with Crippen LogP contribution in [-0.2, 0) is 13.0 Å². The number of amides is 2. The molecule has 1 aliphatic heterocycles. The van der Waals surface area contributed by atoms with Crippen LogP contribution in [0.1, 0.15) is 46.7 Å². The molecule has 0 saturated carbocycles. The van der Waals surface area contributed by atoms with E-state index in [0.29, 0.717) is 36.0 Å². The van der Waals surface area contributed by atoms with Crippen molar-refractivity contribution in [2.75, 3.05) is 6.54 Å². The lowest BCUT2D eigenvalue weighted by molar-refractivity contribution is 0.0930. The number of aromatic nitrogens is 3. The van der Waals surface area contributed by atoms with Gasteiger partial charge in [-0.2, -0.15) is 5.10 Å². The van der Waals surface area contributed by atoms with E-state index in [1.165, 1.54) is 12.1 Å². The molecule has 0 radical (unpaired) electrons. The zero-order valence-electron chi connectivity index (χ0n) is 17.0. The zero-order valence-corrected chi connectivity index (χ0v) is 17.0. The Morgan fingerprint density at radius 3 is 2.90 bits per heavy atom. The first-order valence-corrected chi connectivity index (χ1v) is 10.1. The number of hydrogen-bond acceptors (Lipinski definition) is 4. The number of hydrogen-bond donors (Lipinski definition) is 2. The van der Waals surface area contributed by atoms with E-state index in [1.807, 2.05) is 18.5 Å². The lowest BCUT2D eigenvalue weighted by Gasteiger charge is -2.24. The van der Waals surface area contributed by atoms with Gasteiger partial charge in [-0.3, -0.25) is 19.3 Å². The fourth-order valence-electron chi connectivity index (χ4n) is 3.86. The third-order valence-electron chi connectivity index (χ3n) is 5.31. The summed E-state index contributed by atoms with van der Waals surface area (Å²) < 4.78 is 15.8. The second kappa shape index (κ2) is 8.22. The number of aryl methyl sites for hydroxylation is 1. The molecule has 1 atom stereocenters. The second-order valence-corrected chi connectivity index (χ2v) is 7.95. The van der Waals surface area contributed by atoms with Gasteiger partial charge in [0.05, 0.1) is 28.5 Å². The van der Waals surface area contributed by atoms with Crippen LogP contribution in [0.25, 0.3) is 10.9 Å². The molecule has 0 unspecified atom stereocenters. The monoisotopic (exact) mass is 409 g/mol. The molecule has 3 aromatic rings. The van der Waals surface area contributed by atoms with Gasteiger partial charge in [0, 0.05) is 30.7 Å². The standard InChI is InChI=1S/C22H24FN5O2/c1-13(2)27-22(30)18-12-26-28-7-5-14(8-19(18)28)11-25-21(29)17-10-16(23)9-15-4-3-6-24-20(15)17/h3-4,6,9-10,12-14H,5,7-8,11H2,1-2H3,(H,25,29)(H,27,30)/t14-/m1/s1. The molecule has 4 rings (SSSR count). The minimum absolute atomic E-state index is 0.0430. The average molecular weight is 409 g/mol. The number of halogens is 1. The third kappa shape index (κ3) is 4.03. The van der Waals surface area contributed by atoms with Gasteiger partial charge in [0.15, 0.2) is 0 Å². The molecule has 2 N–H and O–H groups in total. The van der Waals surface area contributed by atoms with E-state index in [1.54, 1.807) is 24.5 Å². The number of benzene rings is 1. The zero-order chi connectivity index (χ0) is 21.3. The number of nitrogens with one attached hydrogen (secondary N) is 2. The van der Waals surface area contributed by atoms with Crippen LogP contribution in [0.15, 0.2) is 36.7 Å². The molecule has 8 heteroatoms. The Hall–Kier alpha value is -3.29. The van der Waals surface area contributed by atoms with Crippen molar-refractivity contribution in [3.8, 4) is 0 Å². The molecule has 0 spiro atoms. The smallest absolute Gasteiger partial charge is 0.254 e. The summed E-state index contributed by atoms with van der Waals surface area (Å²) in [4.78, 5) is 29.4. The molecule has 30 heavy (non-hydrogen) atoms. The Kier molecular flexibility index (Phi) is 5.48. The molecule has 1 aromatic carbocycles. The molecule has 0 bridgehead atoms. The minimum Gasteiger partial charge on any atom is -0.352 e.